The first-order valence-electron chi connectivity index (χ1n) is 4.82. The van der Waals surface area contributed by atoms with Crippen molar-refractivity contribution in [3.8, 4) is 0 Å². The van der Waals surface area contributed by atoms with Gasteiger partial charge in [0.05, 0.1) is 0 Å². The van der Waals surface area contributed by atoms with E-state index in [1.165, 1.54) is 5.56 Å². The summed E-state index contributed by atoms with van der Waals surface area (Å²) in [4.78, 5) is 13.2. The maximum absolute atomic E-state index is 11.1. The normalized spacial score (nSPS) is 12.9. The first-order chi connectivity index (χ1) is 6.61. The van der Waals surface area contributed by atoms with Crippen LogP contribution in [0.25, 0.3) is 0 Å². The van der Waals surface area contributed by atoms with Crippen molar-refractivity contribution in [3.05, 3.63) is 35.9 Å². The van der Waals surface area contributed by atoms with Gasteiger partial charge in [-0.05, 0) is 26.6 Å². The zero-order valence-corrected chi connectivity index (χ0v) is 9.03. The molecule has 2 heteroatoms. The number of benzene rings is 1. The summed E-state index contributed by atoms with van der Waals surface area (Å²) in [6, 6.07) is 10.3. The van der Waals surface area contributed by atoms with Gasteiger partial charge in [-0.3, -0.25) is 4.79 Å². The number of carbonyl (C=O) groups excluding carboxylic acids is 1. The minimum atomic E-state index is 0.202. The van der Waals surface area contributed by atoms with Crippen LogP contribution in [-0.2, 0) is 4.79 Å². The van der Waals surface area contributed by atoms with Crippen molar-refractivity contribution in [3.63, 3.8) is 0 Å². The molecular formula is C12H17NO. The molecule has 0 amide bonds. The maximum Gasteiger partial charge on any atom is 0.131 e. The smallest absolute Gasteiger partial charge is 0.131 e. The lowest BCUT2D eigenvalue weighted by atomic mass is 10.0. The van der Waals surface area contributed by atoms with Crippen molar-refractivity contribution in [1.29, 1.82) is 0 Å². The monoisotopic (exact) mass is 191 g/mol. The molecule has 1 aromatic carbocycles. The average Bonchev–Trinajstić information content (AvgIpc) is 2.15. The molecule has 0 fully saturated rings. The average molecular weight is 191 g/mol. The number of ketones is 1. The molecule has 0 radical (unpaired) electrons. The zero-order valence-electron chi connectivity index (χ0n) is 9.03. The van der Waals surface area contributed by atoms with E-state index in [2.05, 4.69) is 17.0 Å². The fourth-order valence-electron chi connectivity index (χ4n) is 1.55. The lowest BCUT2D eigenvalue weighted by molar-refractivity contribution is -0.118. The quantitative estimate of drug-likeness (QED) is 0.727. The first kappa shape index (κ1) is 10.9. The molecule has 2 nitrogen and oxygen atoms in total. The van der Waals surface area contributed by atoms with E-state index in [0.29, 0.717) is 6.42 Å². The van der Waals surface area contributed by atoms with Gasteiger partial charge in [-0.1, -0.05) is 30.3 Å². The Balaban J connectivity index is 2.83. The van der Waals surface area contributed by atoms with Gasteiger partial charge >= 0.3 is 0 Å². The van der Waals surface area contributed by atoms with Crippen molar-refractivity contribution in [2.45, 2.75) is 19.4 Å². The number of Topliss-reactive ketones (excluding diaryl/α,β-unsaturated/α-hetero) is 1. The lowest BCUT2D eigenvalue weighted by Gasteiger charge is -2.23. The second kappa shape index (κ2) is 4.91. The van der Waals surface area contributed by atoms with Gasteiger partial charge in [-0.15, -0.1) is 0 Å². The Kier molecular flexibility index (Phi) is 3.84. The van der Waals surface area contributed by atoms with E-state index in [9.17, 15) is 4.79 Å². The molecule has 0 aliphatic carbocycles. The second-order valence-electron chi connectivity index (χ2n) is 3.80. The van der Waals surface area contributed by atoms with E-state index < -0.39 is 0 Å². The molecule has 0 saturated heterocycles. The van der Waals surface area contributed by atoms with E-state index in [4.69, 9.17) is 0 Å². The van der Waals surface area contributed by atoms with Crippen LogP contribution in [0.4, 0.5) is 0 Å². The molecule has 1 atom stereocenters. The third kappa shape index (κ3) is 2.96. The van der Waals surface area contributed by atoms with E-state index in [1.54, 1.807) is 6.92 Å². The minimum absolute atomic E-state index is 0.202. The van der Waals surface area contributed by atoms with Crippen molar-refractivity contribution >= 4 is 5.78 Å². The molecular weight excluding hydrogens is 174 g/mol. The van der Waals surface area contributed by atoms with Crippen LogP contribution >= 0.6 is 0 Å². The maximum atomic E-state index is 11.1. The van der Waals surface area contributed by atoms with Crippen molar-refractivity contribution in [2.24, 2.45) is 0 Å². The highest BCUT2D eigenvalue weighted by molar-refractivity contribution is 5.76. The highest BCUT2D eigenvalue weighted by atomic mass is 16.1. The summed E-state index contributed by atoms with van der Waals surface area (Å²) in [5.74, 6) is 0.229. The Morgan fingerprint density at radius 3 is 2.29 bits per heavy atom. The van der Waals surface area contributed by atoms with Gasteiger partial charge in [0, 0.05) is 12.5 Å². The summed E-state index contributed by atoms with van der Waals surface area (Å²) in [7, 11) is 4.00. The van der Waals surface area contributed by atoms with Crippen molar-refractivity contribution in [1.82, 2.24) is 4.90 Å². The first-order valence-corrected chi connectivity index (χ1v) is 4.82. The van der Waals surface area contributed by atoms with E-state index >= 15 is 0 Å². The number of nitrogens with zero attached hydrogens (tertiary/aromatic N) is 1. The largest absolute Gasteiger partial charge is 0.302 e. The summed E-state index contributed by atoms with van der Waals surface area (Å²) in [6.45, 7) is 1.64. The Morgan fingerprint density at radius 2 is 1.86 bits per heavy atom. The van der Waals surface area contributed by atoms with E-state index in [-0.39, 0.29) is 11.8 Å². The Hall–Kier alpha value is -1.15. The molecule has 0 aliphatic heterocycles. The molecule has 0 heterocycles. The van der Waals surface area contributed by atoms with Crippen LogP contribution in [-0.4, -0.2) is 24.8 Å². The van der Waals surface area contributed by atoms with Crippen LogP contribution in [0.1, 0.15) is 24.9 Å². The molecule has 0 N–H and O–H groups in total. The summed E-state index contributed by atoms with van der Waals surface area (Å²) in [5, 5.41) is 0. The van der Waals surface area contributed by atoms with Crippen LogP contribution in [0, 0.1) is 0 Å². The molecule has 0 spiro atoms. The van der Waals surface area contributed by atoms with Gasteiger partial charge in [0.2, 0.25) is 0 Å². The van der Waals surface area contributed by atoms with Gasteiger partial charge in [0.15, 0.2) is 0 Å². The van der Waals surface area contributed by atoms with Gasteiger partial charge < -0.3 is 4.90 Å². The highest BCUT2D eigenvalue weighted by Crippen LogP contribution is 2.21. The molecule has 14 heavy (non-hydrogen) atoms. The Labute approximate surface area is 85.5 Å². The van der Waals surface area contributed by atoms with Crippen molar-refractivity contribution in [2.75, 3.05) is 14.1 Å². The molecule has 1 rings (SSSR count). The van der Waals surface area contributed by atoms with Crippen LogP contribution in [0.5, 0.6) is 0 Å². The summed E-state index contributed by atoms with van der Waals surface area (Å²) in [6.07, 6.45) is 0.580. The summed E-state index contributed by atoms with van der Waals surface area (Å²) < 4.78 is 0. The third-order valence-corrected chi connectivity index (χ3v) is 2.29. The molecule has 0 saturated carbocycles. The summed E-state index contributed by atoms with van der Waals surface area (Å²) >= 11 is 0. The third-order valence-electron chi connectivity index (χ3n) is 2.29. The number of carbonyl (C=O) groups is 1. The summed E-state index contributed by atoms with van der Waals surface area (Å²) in [5.41, 5.74) is 1.20. The van der Waals surface area contributed by atoms with Gasteiger partial charge in [0.1, 0.15) is 5.78 Å². The predicted molar refractivity (Wildman–Crippen MR) is 58.2 cm³/mol. The SMILES string of the molecule is CC(=O)CC(c1ccccc1)N(C)C. The molecule has 76 valence electrons. The van der Waals surface area contributed by atoms with Crippen molar-refractivity contribution < 1.29 is 4.79 Å². The molecule has 0 aromatic heterocycles. The van der Waals surface area contributed by atoms with Gasteiger partial charge in [0.25, 0.3) is 0 Å². The van der Waals surface area contributed by atoms with Gasteiger partial charge in [-0.25, -0.2) is 0 Å². The molecule has 1 aromatic rings. The Morgan fingerprint density at radius 1 is 1.29 bits per heavy atom. The topological polar surface area (TPSA) is 20.3 Å². The zero-order chi connectivity index (χ0) is 10.6. The van der Waals surface area contributed by atoms with Crippen LogP contribution in [0.15, 0.2) is 30.3 Å². The molecule has 0 bridgehead atoms. The Bertz CT molecular complexity index is 292. The van der Waals surface area contributed by atoms with E-state index in [0.717, 1.165) is 0 Å². The predicted octanol–water partition coefficient (Wildman–Crippen LogP) is 2.27. The standard InChI is InChI=1S/C12H17NO/c1-10(14)9-12(13(2)3)11-7-5-4-6-8-11/h4-8,12H,9H2,1-3H3. The minimum Gasteiger partial charge on any atom is -0.302 e. The molecule has 0 aliphatic rings. The highest BCUT2D eigenvalue weighted by Gasteiger charge is 2.15. The van der Waals surface area contributed by atoms with Crippen LogP contribution < -0.4 is 0 Å². The second-order valence-corrected chi connectivity index (χ2v) is 3.80. The van der Waals surface area contributed by atoms with Gasteiger partial charge in [-0.2, -0.15) is 0 Å². The molecule has 1 unspecified atom stereocenters. The number of rotatable bonds is 4. The van der Waals surface area contributed by atoms with Crippen LogP contribution in [0.2, 0.25) is 0 Å². The van der Waals surface area contributed by atoms with Crippen LogP contribution in [0.3, 0.4) is 0 Å². The number of hydrogen-bond donors (Lipinski definition) is 0. The fourth-order valence-corrected chi connectivity index (χ4v) is 1.55. The fraction of sp³-hybridized carbons (Fsp3) is 0.417. The van der Waals surface area contributed by atoms with E-state index in [1.807, 2.05) is 32.3 Å². The lowest BCUT2D eigenvalue weighted by Crippen LogP contribution is -2.21. The number of hydrogen-bond acceptors (Lipinski definition) is 2.